The highest BCUT2D eigenvalue weighted by Crippen LogP contribution is 1.81. The molecule has 0 saturated carbocycles. The maximum Gasteiger partial charge on any atom is 0.217 e. The van der Waals surface area contributed by atoms with Crippen LogP contribution in [0, 0.1) is 0 Å². The Morgan fingerprint density at radius 2 is 2.30 bits per heavy atom. The minimum atomic E-state index is -0.116. The van der Waals surface area contributed by atoms with Gasteiger partial charge in [0.15, 0.2) is 0 Å². The number of hydrogen-bond donors (Lipinski definition) is 2. The molecule has 4 nitrogen and oxygen atoms in total. The summed E-state index contributed by atoms with van der Waals surface area (Å²) in [6.45, 7) is 3.61. The molecule has 0 atom stereocenters. The predicted octanol–water partition coefficient (Wildman–Crippen LogP) is 0.363. The van der Waals surface area contributed by atoms with Crippen LogP contribution in [0.4, 0.5) is 0 Å². The molecule has 0 aromatic rings. The van der Waals surface area contributed by atoms with Gasteiger partial charge in [-0.2, -0.15) is 0 Å². The van der Waals surface area contributed by atoms with Crippen LogP contribution >= 0.6 is 0 Å². The van der Waals surface area contributed by atoms with Crippen molar-refractivity contribution in [3.05, 3.63) is 0 Å². The molecule has 0 bridgehead atoms. The third kappa shape index (κ3) is 3.88. The highest BCUT2D eigenvalue weighted by Gasteiger charge is 1.96. The zero-order valence-corrected chi connectivity index (χ0v) is 6.22. The summed E-state index contributed by atoms with van der Waals surface area (Å²) in [6, 6.07) is 0. The minimum Gasteiger partial charge on any atom is -0.411 e. The van der Waals surface area contributed by atoms with Gasteiger partial charge in [0.25, 0.3) is 0 Å². The van der Waals surface area contributed by atoms with E-state index in [1.807, 2.05) is 6.92 Å². The largest absolute Gasteiger partial charge is 0.411 e. The highest BCUT2D eigenvalue weighted by atomic mass is 16.4. The summed E-state index contributed by atoms with van der Waals surface area (Å²) in [7, 11) is 0. The third-order valence-corrected chi connectivity index (χ3v) is 1.09. The van der Waals surface area contributed by atoms with E-state index in [1.54, 1.807) is 0 Å². The molecular weight excluding hydrogens is 132 g/mol. The van der Waals surface area contributed by atoms with Crippen molar-refractivity contribution in [3.8, 4) is 0 Å². The molecule has 0 aromatic carbocycles. The van der Waals surface area contributed by atoms with Crippen molar-refractivity contribution >= 4 is 11.6 Å². The summed E-state index contributed by atoms with van der Waals surface area (Å²) in [4.78, 5) is 10.3. The van der Waals surface area contributed by atoms with Gasteiger partial charge in [0.2, 0.25) is 5.91 Å². The first-order valence-corrected chi connectivity index (χ1v) is 3.15. The zero-order valence-electron chi connectivity index (χ0n) is 6.22. The Morgan fingerprint density at radius 3 is 2.60 bits per heavy atom. The molecule has 1 amide bonds. The summed E-state index contributed by atoms with van der Waals surface area (Å²) >= 11 is 0. The normalized spacial score (nSPS) is 11.2. The summed E-state index contributed by atoms with van der Waals surface area (Å²) in [5.74, 6) is -0.116. The number of carbonyl (C=O) groups excluding carboxylic acids is 1. The molecule has 0 spiro atoms. The Kier molecular flexibility index (Phi) is 4.28. The Morgan fingerprint density at radius 1 is 1.70 bits per heavy atom. The molecule has 0 aliphatic rings. The van der Waals surface area contributed by atoms with E-state index in [0.717, 1.165) is 0 Å². The Hall–Kier alpha value is -1.06. The first kappa shape index (κ1) is 8.94. The molecule has 0 aromatic heterocycles. The van der Waals surface area contributed by atoms with Gasteiger partial charge in [-0.15, -0.1) is 0 Å². The second-order valence-electron chi connectivity index (χ2n) is 1.93. The first-order valence-electron chi connectivity index (χ1n) is 3.15. The second kappa shape index (κ2) is 4.78. The monoisotopic (exact) mass is 144 g/mol. The zero-order chi connectivity index (χ0) is 7.98. The standard InChI is InChI=1S/C6H12N2O2/c1-3-6(8-10)4-7-5(2)9/h10H,3-4H2,1-2H3,(H,7,9). The van der Waals surface area contributed by atoms with Crippen LogP contribution in [-0.4, -0.2) is 23.4 Å². The average molecular weight is 144 g/mol. The topological polar surface area (TPSA) is 61.7 Å². The van der Waals surface area contributed by atoms with Gasteiger partial charge in [-0.3, -0.25) is 4.79 Å². The van der Waals surface area contributed by atoms with Crippen molar-refractivity contribution in [2.75, 3.05) is 6.54 Å². The van der Waals surface area contributed by atoms with Crippen LogP contribution < -0.4 is 5.32 Å². The Balaban J connectivity index is 3.56. The van der Waals surface area contributed by atoms with Crippen molar-refractivity contribution in [2.45, 2.75) is 20.3 Å². The van der Waals surface area contributed by atoms with E-state index in [1.165, 1.54) is 6.92 Å². The summed E-state index contributed by atoms with van der Waals surface area (Å²) in [6.07, 6.45) is 0.650. The molecule has 0 saturated heterocycles. The van der Waals surface area contributed by atoms with Gasteiger partial charge in [-0.05, 0) is 6.42 Å². The van der Waals surface area contributed by atoms with Gasteiger partial charge in [-0.25, -0.2) is 0 Å². The van der Waals surface area contributed by atoms with Crippen LogP contribution in [0.25, 0.3) is 0 Å². The van der Waals surface area contributed by atoms with Gasteiger partial charge >= 0.3 is 0 Å². The highest BCUT2D eigenvalue weighted by molar-refractivity contribution is 5.88. The van der Waals surface area contributed by atoms with E-state index in [4.69, 9.17) is 5.21 Å². The van der Waals surface area contributed by atoms with Crippen molar-refractivity contribution in [1.82, 2.24) is 5.32 Å². The first-order chi connectivity index (χ1) is 4.70. The fourth-order valence-electron chi connectivity index (χ4n) is 0.458. The van der Waals surface area contributed by atoms with Crippen molar-refractivity contribution in [3.63, 3.8) is 0 Å². The minimum absolute atomic E-state index is 0.116. The number of nitrogens with one attached hydrogen (secondary N) is 1. The summed E-state index contributed by atoms with van der Waals surface area (Å²) in [5.41, 5.74) is 0.579. The van der Waals surface area contributed by atoms with E-state index in [-0.39, 0.29) is 5.91 Å². The number of rotatable bonds is 3. The van der Waals surface area contributed by atoms with E-state index in [0.29, 0.717) is 18.7 Å². The van der Waals surface area contributed by atoms with Gasteiger partial charge in [0.1, 0.15) is 0 Å². The maximum atomic E-state index is 10.3. The third-order valence-electron chi connectivity index (χ3n) is 1.09. The second-order valence-corrected chi connectivity index (χ2v) is 1.93. The van der Waals surface area contributed by atoms with Crippen LogP contribution in [0.2, 0.25) is 0 Å². The summed E-state index contributed by atoms with van der Waals surface area (Å²) < 4.78 is 0. The lowest BCUT2D eigenvalue weighted by molar-refractivity contribution is -0.118. The Labute approximate surface area is 59.9 Å². The van der Waals surface area contributed by atoms with Crippen LogP contribution in [0.5, 0.6) is 0 Å². The molecule has 4 heteroatoms. The molecule has 0 aliphatic carbocycles. The lowest BCUT2D eigenvalue weighted by Crippen LogP contribution is -2.26. The molecular formula is C6H12N2O2. The molecule has 10 heavy (non-hydrogen) atoms. The van der Waals surface area contributed by atoms with Gasteiger partial charge < -0.3 is 10.5 Å². The number of amides is 1. The van der Waals surface area contributed by atoms with Gasteiger partial charge in [0, 0.05) is 6.92 Å². The SMILES string of the molecule is CCC(CNC(C)=O)=NO. The van der Waals surface area contributed by atoms with E-state index >= 15 is 0 Å². The molecule has 0 radical (unpaired) electrons. The van der Waals surface area contributed by atoms with E-state index in [9.17, 15) is 4.79 Å². The fraction of sp³-hybridized carbons (Fsp3) is 0.667. The molecule has 0 unspecified atom stereocenters. The lowest BCUT2D eigenvalue weighted by atomic mass is 10.3. The number of hydrogen-bond acceptors (Lipinski definition) is 3. The van der Waals surface area contributed by atoms with Gasteiger partial charge in [-0.1, -0.05) is 12.1 Å². The smallest absolute Gasteiger partial charge is 0.217 e. The molecule has 58 valence electrons. The van der Waals surface area contributed by atoms with Crippen LogP contribution in [0.1, 0.15) is 20.3 Å². The van der Waals surface area contributed by atoms with Crippen LogP contribution in [-0.2, 0) is 4.79 Å². The van der Waals surface area contributed by atoms with Crippen LogP contribution in [0.3, 0.4) is 0 Å². The van der Waals surface area contributed by atoms with Crippen molar-refractivity contribution < 1.29 is 10.0 Å². The quantitative estimate of drug-likeness (QED) is 0.341. The van der Waals surface area contributed by atoms with Crippen LogP contribution in [0.15, 0.2) is 5.16 Å². The number of carbonyl (C=O) groups is 1. The van der Waals surface area contributed by atoms with Crippen molar-refractivity contribution in [1.29, 1.82) is 0 Å². The van der Waals surface area contributed by atoms with Gasteiger partial charge in [0.05, 0.1) is 12.3 Å². The molecule has 0 aliphatic heterocycles. The number of nitrogens with zero attached hydrogens (tertiary/aromatic N) is 1. The molecule has 0 rings (SSSR count). The molecule has 2 N–H and O–H groups in total. The predicted molar refractivity (Wildman–Crippen MR) is 38.2 cm³/mol. The Bertz CT molecular complexity index is 143. The maximum absolute atomic E-state index is 10.3. The number of oxime groups is 1. The van der Waals surface area contributed by atoms with E-state index in [2.05, 4.69) is 10.5 Å². The fourth-order valence-corrected chi connectivity index (χ4v) is 0.458. The molecule has 0 fully saturated rings. The molecule has 0 heterocycles. The van der Waals surface area contributed by atoms with Crippen molar-refractivity contribution in [2.24, 2.45) is 5.16 Å². The van der Waals surface area contributed by atoms with E-state index < -0.39 is 0 Å². The average Bonchev–Trinajstić information content (AvgIpc) is 1.90. The lowest BCUT2D eigenvalue weighted by Gasteiger charge is -2.00. The summed E-state index contributed by atoms with van der Waals surface area (Å²) in [5, 5.41) is 13.8.